The van der Waals surface area contributed by atoms with Gasteiger partial charge in [0.25, 0.3) is 0 Å². The molecule has 5 aromatic carbocycles. The molecule has 1 unspecified atom stereocenters. The Bertz CT molecular complexity index is 2670. The van der Waals surface area contributed by atoms with E-state index in [1.165, 1.54) is 66.8 Å². The molecular formula is C50H40N2. The number of pyridine rings is 2. The van der Waals surface area contributed by atoms with Gasteiger partial charge in [0.05, 0.1) is 11.4 Å². The number of allylic oxidation sites excluding steroid dienone is 4. The van der Waals surface area contributed by atoms with E-state index in [9.17, 15) is 0 Å². The molecule has 2 heteroatoms. The van der Waals surface area contributed by atoms with Gasteiger partial charge in [0.15, 0.2) is 5.65 Å². The lowest BCUT2D eigenvalue weighted by atomic mass is 9.70. The topological polar surface area (TPSA) is 25.8 Å². The van der Waals surface area contributed by atoms with Crippen molar-refractivity contribution in [2.45, 2.75) is 50.9 Å². The van der Waals surface area contributed by atoms with Gasteiger partial charge in [0, 0.05) is 33.3 Å². The van der Waals surface area contributed by atoms with Crippen molar-refractivity contribution >= 4 is 16.6 Å². The van der Waals surface area contributed by atoms with Gasteiger partial charge >= 0.3 is 0 Å². The quantitative estimate of drug-likeness (QED) is 0.187. The van der Waals surface area contributed by atoms with E-state index in [-0.39, 0.29) is 16.7 Å². The van der Waals surface area contributed by atoms with Crippen molar-refractivity contribution in [2.75, 3.05) is 0 Å². The minimum atomic E-state index is -0.0573. The molecule has 2 heterocycles. The van der Waals surface area contributed by atoms with Crippen LogP contribution in [0.4, 0.5) is 0 Å². The third-order valence-corrected chi connectivity index (χ3v) is 12.1. The van der Waals surface area contributed by atoms with Crippen molar-refractivity contribution in [3.8, 4) is 44.8 Å². The van der Waals surface area contributed by atoms with Crippen LogP contribution in [0.5, 0.6) is 0 Å². The molecule has 0 saturated heterocycles. The molecule has 0 saturated carbocycles. The monoisotopic (exact) mass is 668 g/mol. The van der Waals surface area contributed by atoms with Crippen molar-refractivity contribution in [1.82, 2.24) is 9.97 Å². The maximum Gasteiger partial charge on any atom is 0.160 e. The van der Waals surface area contributed by atoms with Crippen LogP contribution in [0.3, 0.4) is 0 Å². The van der Waals surface area contributed by atoms with Crippen LogP contribution in [0.2, 0.25) is 0 Å². The molecule has 52 heavy (non-hydrogen) atoms. The van der Waals surface area contributed by atoms with E-state index >= 15 is 0 Å². The number of rotatable bonds is 4. The standard InChI is InChI=1S/C50H40N2/c1-49(2)42-22-11-9-16-35(42)37-27-24-32(30-44(37)49)33-14-5-7-18-38(33)45-28-25-31-26-29-46(52-48(31)51-45)39-19-8-6-15-34(39)40-20-13-21-41-36-17-10-12-23-43(36)50(3,4)47(40)41/h5-19,21-30,40H,20H2,1-4H3. The van der Waals surface area contributed by atoms with Crippen LogP contribution in [0.1, 0.15) is 67.9 Å². The van der Waals surface area contributed by atoms with E-state index in [2.05, 4.69) is 179 Å². The molecule has 3 aliphatic carbocycles. The van der Waals surface area contributed by atoms with Gasteiger partial charge in [0.2, 0.25) is 0 Å². The second-order valence-electron chi connectivity index (χ2n) is 15.7. The first-order valence-corrected chi connectivity index (χ1v) is 18.5. The minimum absolute atomic E-state index is 0.0479. The highest BCUT2D eigenvalue weighted by Crippen LogP contribution is 2.56. The summed E-state index contributed by atoms with van der Waals surface area (Å²) in [6, 6.07) is 50.9. The Morgan fingerprint density at radius 3 is 1.83 bits per heavy atom. The molecule has 0 radical (unpaired) electrons. The van der Waals surface area contributed by atoms with Gasteiger partial charge in [-0.05, 0) is 98.0 Å². The summed E-state index contributed by atoms with van der Waals surface area (Å²) < 4.78 is 0. The van der Waals surface area contributed by atoms with Crippen LogP contribution in [0.25, 0.3) is 61.4 Å². The molecule has 1 atom stereocenters. The maximum atomic E-state index is 5.29. The van der Waals surface area contributed by atoms with Gasteiger partial charge < -0.3 is 0 Å². The van der Waals surface area contributed by atoms with Crippen LogP contribution in [0.15, 0.2) is 157 Å². The SMILES string of the molecule is CC1(C)C2=C(C=CCC2c2ccccc2-c2ccc3ccc(-c4ccccc4-c4ccc5c(c4)C(C)(C)c4ccccc4-5)nc3n2)c2ccccc21. The molecule has 0 bridgehead atoms. The molecule has 0 N–H and O–H groups in total. The molecule has 2 aromatic heterocycles. The predicted octanol–water partition coefficient (Wildman–Crippen LogP) is 12.7. The largest absolute Gasteiger partial charge is 0.228 e. The van der Waals surface area contributed by atoms with E-state index in [1.54, 1.807) is 0 Å². The molecule has 2 nitrogen and oxygen atoms in total. The van der Waals surface area contributed by atoms with Gasteiger partial charge in [-0.15, -0.1) is 0 Å². The van der Waals surface area contributed by atoms with E-state index in [0.29, 0.717) is 0 Å². The summed E-state index contributed by atoms with van der Waals surface area (Å²) in [5.74, 6) is 0.271. The fraction of sp³-hybridized carbons (Fsp3) is 0.160. The average Bonchev–Trinajstić information content (AvgIpc) is 3.57. The lowest BCUT2D eigenvalue weighted by Gasteiger charge is -2.33. The lowest BCUT2D eigenvalue weighted by Crippen LogP contribution is -2.23. The summed E-state index contributed by atoms with van der Waals surface area (Å²) in [7, 11) is 0. The number of benzene rings is 5. The van der Waals surface area contributed by atoms with Gasteiger partial charge in [-0.3, -0.25) is 0 Å². The maximum absolute atomic E-state index is 5.29. The summed E-state index contributed by atoms with van der Waals surface area (Å²) in [6.45, 7) is 9.47. The van der Waals surface area contributed by atoms with Crippen LogP contribution < -0.4 is 0 Å². The van der Waals surface area contributed by atoms with Crippen LogP contribution in [-0.2, 0) is 10.8 Å². The summed E-state index contributed by atoms with van der Waals surface area (Å²) in [4.78, 5) is 10.6. The zero-order valence-electron chi connectivity index (χ0n) is 30.1. The molecule has 7 aromatic rings. The van der Waals surface area contributed by atoms with E-state index in [1.807, 2.05) is 0 Å². The van der Waals surface area contributed by atoms with Crippen molar-refractivity contribution in [2.24, 2.45) is 0 Å². The van der Waals surface area contributed by atoms with Crippen molar-refractivity contribution in [3.05, 3.63) is 185 Å². The van der Waals surface area contributed by atoms with Crippen LogP contribution in [0, 0.1) is 0 Å². The molecular weight excluding hydrogens is 629 g/mol. The summed E-state index contributed by atoms with van der Waals surface area (Å²) >= 11 is 0. The van der Waals surface area contributed by atoms with Crippen LogP contribution in [-0.4, -0.2) is 9.97 Å². The lowest BCUT2D eigenvalue weighted by molar-refractivity contribution is 0.573. The Labute approximate surface area is 306 Å². The van der Waals surface area contributed by atoms with E-state index in [0.717, 1.165) is 34.4 Å². The smallest absolute Gasteiger partial charge is 0.160 e. The molecule has 0 spiro atoms. The average molecular weight is 669 g/mol. The van der Waals surface area contributed by atoms with Gasteiger partial charge in [-0.1, -0.05) is 149 Å². The molecule has 250 valence electrons. The number of hydrogen-bond acceptors (Lipinski definition) is 2. The second-order valence-corrected chi connectivity index (χ2v) is 15.7. The van der Waals surface area contributed by atoms with Crippen molar-refractivity contribution < 1.29 is 0 Å². The zero-order valence-corrected chi connectivity index (χ0v) is 30.1. The number of nitrogens with zero attached hydrogens (tertiary/aromatic N) is 2. The molecule has 10 rings (SSSR count). The molecule has 0 aliphatic heterocycles. The summed E-state index contributed by atoms with van der Waals surface area (Å²) in [5, 5.41) is 1.04. The van der Waals surface area contributed by atoms with E-state index < -0.39 is 0 Å². The Morgan fingerprint density at radius 1 is 0.500 bits per heavy atom. The molecule has 3 aliphatic rings. The van der Waals surface area contributed by atoms with Gasteiger partial charge in [-0.25, -0.2) is 9.97 Å². The normalized spacial score (nSPS) is 17.5. The van der Waals surface area contributed by atoms with Crippen molar-refractivity contribution in [3.63, 3.8) is 0 Å². The van der Waals surface area contributed by atoms with Gasteiger partial charge in [-0.2, -0.15) is 0 Å². The summed E-state index contributed by atoms with van der Waals surface area (Å²) in [6.07, 6.45) is 5.69. The van der Waals surface area contributed by atoms with Crippen LogP contribution >= 0.6 is 0 Å². The predicted molar refractivity (Wildman–Crippen MR) is 216 cm³/mol. The third-order valence-electron chi connectivity index (χ3n) is 12.1. The first-order valence-electron chi connectivity index (χ1n) is 18.5. The van der Waals surface area contributed by atoms with Gasteiger partial charge in [0.1, 0.15) is 0 Å². The number of aromatic nitrogens is 2. The third kappa shape index (κ3) is 4.50. The second kappa shape index (κ2) is 11.3. The Balaban J connectivity index is 1.05. The number of fused-ring (bicyclic) bond motifs is 6. The fourth-order valence-electron chi connectivity index (χ4n) is 9.58. The molecule has 0 fully saturated rings. The van der Waals surface area contributed by atoms with E-state index in [4.69, 9.17) is 9.97 Å². The zero-order chi connectivity index (χ0) is 35.2. The fourth-order valence-corrected chi connectivity index (χ4v) is 9.58. The first-order chi connectivity index (χ1) is 25.3. The number of hydrogen-bond donors (Lipinski definition) is 0. The highest BCUT2D eigenvalue weighted by atomic mass is 14.9. The molecule has 0 amide bonds. The Hall–Kier alpha value is -5.86. The Kier molecular flexibility index (Phi) is 6.73. The first kappa shape index (κ1) is 30.9. The highest BCUT2D eigenvalue weighted by Gasteiger charge is 2.42. The summed E-state index contributed by atoms with van der Waals surface area (Å²) in [5.41, 5.74) is 19.7. The minimum Gasteiger partial charge on any atom is -0.228 e. The van der Waals surface area contributed by atoms with Crippen molar-refractivity contribution in [1.29, 1.82) is 0 Å². The highest BCUT2D eigenvalue weighted by molar-refractivity contribution is 5.91. The Morgan fingerprint density at radius 2 is 1.08 bits per heavy atom.